The molecule has 58 valence electrons. The van der Waals surface area contributed by atoms with Gasteiger partial charge in [0.1, 0.15) is 0 Å². The van der Waals surface area contributed by atoms with E-state index >= 15 is 0 Å². The zero-order chi connectivity index (χ0) is 6.69. The van der Waals surface area contributed by atoms with Gasteiger partial charge in [-0.2, -0.15) is 5.26 Å². The van der Waals surface area contributed by atoms with Crippen molar-refractivity contribution in [1.82, 2.24) is 0 Å². The van der Waals surface area contributed by atoms with Gasteiger partial charge in [-0.1, -0.05) is 12.8 Å². The summed E-state index contributed by atoms with van der Waals surface area (Å²) in [5.74, 6) is 0.138. The Hall–Kier alpha value is -0.260. The Labute approximate surface area is 67.8 Å². The van der Waals surface area contributed by atoms with Gasteiger partial charge in [-0.15, -0.1) is 12.4 Å². The third kappa shape index (κ3) is 2.17. The van der Waals surface area contributed by atoms with Gasteiger partial charge in [0.2, 0.25) is 0 Å². The lowest BCUT2D eigenvalue weighted by Crippen LogP contribution is -2.31. The third-order valence-electron chi connectivity index (χ3n) is 1.99. The van der Waals surface area contributed by atoms with Gasteiger partial charge in [0.15, 0.2) is 0 Å². The van der Waals surface area contributed by atoms with Gasteiger partial charge in [0.05, 0.1) is 12.0 Å². The molecule has 2 nitrogen and oxygen atoms in total. The van der Waals surface area contributed by atoms with Gasteiger partial charge in [-0.25, -0.2) is 0 Å². The molecule has 1 rings (SSSR count). The summed E-state index contributed by atoms with van der Waals surface area (Å²) >= 11 is 0. The molecule has 0 amide bonds. The number of nitriles is 1. The molecule has 3 heteroatoms. The molecule has 0 aromatic rings. The van der Waals surface area contributed by atoms with E-state index in [1.165, 1.54) is 12.8 Å². The summed E-state index contributed by atoms with van der Waals surface area (Å²) in [6.45, 7) is 0. The molecule has 0 unspecified atom stereocenters. The number of hydrogen-bond donors (Lipinski definition) is 1. The maximum absolute atomic E-state index is 8.53. The average Bonchev–Trinajstić information content (AvgIpc) is 1.89. The maximum atomic E-state index is 8.53. The summed E-state index contributed by atoms with van der Waals surface area (Å²) in [4.78, 5) is 0. The van der Waals surface area contributed by atoms with Crippen molar-refractivity contribution in [3.63, 3.8) is 0 Å². The van der Waals surface area contributed by atoms with Gasteiger partial charge in [0, 0.05) is 6.04 Å². The van der Waals surface area contributed by atoms with Crippen molar-refractivity contribution in [2.24, 2.45) is 11.7 Å². The largest absolute Gasteiger partial charge is 0.327 e. The molecule has 2 N–H and O–H groups in total. The number of nitrogens with two attached hydrogens (primary N) is 1. The minimum Gasteiger partial charge on any atom is -0.327 e. The van der Waals surface area contributed by atoms with E-state index in [1.54, 1.807) is 0 Å². The van der Waals surface area contributed by atoms with E-state index in [0.29, 0.717) is 0 Å². The van der Waals surface area contributed by atoms with Crippen molar-refractivity contribution in [1.29, 1.82) is 5.26 Å². The first kappa shape index (κ1) is 9.74. The summed E-state index contributed by atoms with van der Waals surface area (Å²) in [5.41, 5.74) is 5.67. The summed E-state index contributed by atoms with van der Waals surface area (Å²) in [6, 6.07) is 2.38. The van der Waals surface area contributed by atoms with Crippen LogP contribution in [0.4, 0.5) is 0 Å². The van der Waals surface area contributed by atoms with Gasteiger partial charge < -0.3 is 5.73 Å². The molecule has 2 atom stereocenters. The highest BCUT2D eigenvalue weighted by molar-refractivity contribution is 5.85. The quantitative estimate of drug-likeness (QED) is 0.583. The SMILES string of the molecule is Cl.N#C[C@H]1CCCC[C@@H]1N. The van der Waals surface area contributed by atoms with Crippen molar-refractivity contribution in [2.75, 3.05) is 0 Å². The Morgan fingerprint density at radius 2 is 1.90 bits per heavy atom. The average molecular weight is 161 g/mol. The second-order valence-electron chi connectivity index (χ2n) is 2.68. The van der Waals surface area contributed by atoms with Crippen LogP contribution >= 0.6 is 12.4 Å². The topological polar surface area (TPSA) is 49.8 Å². The fourth-order valence-corrected chi connectivity index (χ4v) is 1.32. The summed E-state index contributed by atoms with van der Waals surface area (Å²) in [5, 5.41) is 8.53. The Bertz CT molecular complexity index is 130. The van der Waals surface area contributed by atoms with E-state index in [0.717, 1.165) is 12.8 Å². The van der Waals surface area contributed by atoms with Crippen molar-refractivity contribution >= 4 is 12.4 Å². The van der Waals surface area contributed by atoms with Crippen LogP contribution in [-0.2, 0) is 0 Å². The first-order valence-electron chi connectivity index (χ1n) is 3.50. The normalized spacial score (nSPS) is 32.0. The van der Waals surface area contributed by atoms with Crippen LogP contribution in [0.15, 0.2) is 0 Å². The highest BCUT2D eigenvalue weighted by Gasteiger charge is 2.20. The number of rotatable bonds is 0. The second kappa shape index (κ2) is 4.54. The molecule has 0 radical (unpaired) electrons. The van der Waals surface area contributed by atoms with Crippen LogP contribution in [-0.4, -0.2) is 6.04 Å². The third-order valence-corrected chi connectivity index (χ3v) is 1.99. The molecule has 0 aliphatic heterocycles. The fourth-order valence-electron chi connectivity index (χ4n) is 1.32. The standard InChI is InChI=1S/C7H12N2.ClH/c8-5-6-3-1-2-4-7(6)9;/h6-7H,1-4,9H2;1H/t6-,7+;/m1./s1. The molecule has 1 aliphatic rings. The van der Waals surface area contributed by atoms with Crippen LogP contribution in [0.5, 0.6) is 0 Å². The molecule has 10 heavy (non-hydrogen) atoms. The van der Waals surface area contributed by atoms with Gasteiger partial charge in [0.25, 0.3) is 0 Å². The number of hydrogen-bond acceptors (Lipinski definition) is 2. The number of halogens is 1. The van der Waals surface area contributed by atoms with Gasteiger partial charge >= 0.3 is 0 Å². The Kier molecular flexibility index (Phi) is 4.42. The zero-order valence-corrected chi connectivity index (χ0v) is 6.73. The van der Waals surface area contributed by atoms with Gasteiger partial charge in [-0.3, -0.25) is 0 Å². The lowest BCUT2D eigenvalue weighted by molar-refractivity contribution is 0.369. The van der Waals surface area contributed by atoms with Crippen LogP contribution in [0.1, 0.15) is 25.7 Å². The summed E-state index contributed by atoms with van der Waals surface area (Å²) in [7, 11) is 0. The first-order valence-corrected chi connectivity index (χ1v) is 3.50. The molecule has 0 saturated heterocycles. The van der Waals surface area contributed by atoms with E-state index in [1.807, 2.05) is 0 Å². The smallest absolute Gasteiger partial charge is 0.0672 e. The first-order chi connectivity index (χ1) is 4.34. The van der Waals surface area contributed by atoms with E-state index in [9.17, 15) is 0 Å². The van der Waals surface area contributed by atoms with Crippen LogP contribution < -0.4 is 5.73 Å². The Morgan fingerprint density at radius 1 is 1.30 bits per heavy atom. The minimum absolute atomic E-state index is 0. The predicted octanol–water partition coefficient (Wildman–Crippen LogP) is 1.45. The lowest BCUT2D eigenvalue weighted by Gasteiger charge is -2.22. The van der Waals surface area contributed by atoms with Crippen LogP contribution in [0.25, 0.3) is 0 Å². The maximum Gasteiger partial charge on any atom is 0.0672 e. The van der Waals surface area contributed by atoms with Crippen molar-refractivity contribution in [3.05, 3.63) is 0 Å². The zero-order valence-electron chi connectivity index (χ0n) is 5.92. The lowest BCUT2D eigenvalue weighted by atomic mass is 9.86. The molecule has 0 heterocycles. The molecular weight excluding hydrogens is 148 g/mol. The van der Waals surface area contributed by atoms with E-state index in [-0.39, 0.29) is 24.4 Å². The molecular formula is C7H13ClN2. The van der Waals surface area contributed by atoms with Crippen molar-refractivity contribution in [3.8, 4) is 6.07 Å². The summed E-state index contributed by atoms with van der Waals surface area (Å²) < 4.78 is 0. The fraction of sp³-hybridized carbons (Fsp3) is 0.857. The molecule has 0 spiro atoms. The van der Waals surface area contributed by atoms with Crippen LogP contribution in [0.2, 0.25) is 0 Å². The highest BCUT2D eigenvalue weighted by atomic mass is 35.5. The molecule has 1 saturated carbocycles. The van der Waals surface area contributed by atoms with Crippen LogP contribution in [0, 0.1) is 17.2 Å². The molecule has 0 bridgehead atoms. The molecule has 0 aromatic heterocycles. The minimum atomic E-state index is 0. The molecule has 1 fully saturated rings. The Balaban J connectivity index is 0.000000810. The number of nitrogens with zero attached hydrogens (tertiary/aromatic N) is 1. The molecule has 1 aliphatic carbocycles. The van der Waals surface area contributed by atoms with Crippen LogP contribution in [0.3, 0.4) is 0 Å². The predicted molar refractivity (Wildman–Crippen MR) is 42.8 cm³/mol. The molecule has 0 aromatic carbocycles. The highest BCUT2D eigenvalue weighted by Crippen LogP contribution is 2.21. The second-order valence-corrected chi connectivity index (χ2v) is 2.68. The van der Waals surface area contributed by atoms with E-state index < -0.39 is 0 Å². The summed E-state index contributed by atoms with van der Waals surface area (Å²) in [6.07, 6.45) is 4.45. The van der Waals surface area contributed by atoms with E-state index in [2.05, 4.69) is 6.07 Å². The van der Waals surface area contributed by atoms with E-state index in [4.69, 9.17) is 11.0 Å². The monoisotopic (exact) mass is 160 g/mol. The van der Waals surface area contributed by atoms with Crippen molar-refractivity contribution in [2.45, 2.75) is 31.7 Å². The van der Waals surface area contributed by atoms with Crippen molar-refractivity contribution < 1.29 is 0 Å². The van der Waals surface area contributed by atoms with Gasteiger partial charge in [-0.05, 0) is 12.8 Å². The Morgan fingerprint density at radius 3 is 2.30 bits per heavy atom.